The third-order valence-corrected chi connectivity index (χ3v) is 2.96. The van der Waals surface area contributed by atoms with Gasteiger partial charge in [-0.25, -0.2) is 0 Å². The lowest BCUT2D eigenvalue weighted by atomic mass is 10.1. The van der Waals surface area contributed by atoms with Crippen molar-refractivity contribution in [3.8, 4) is 11.5 Å². The maximum atomic E-state index is 11.7. The molecule has 1 amide bonds. The average molecular weight is 271 g/mol. The number of phenolic OH excluding ortho intramolecular Hbond substituents is 1. The van der Waals surface area contributed by atoms with E-state index in [9.17, 15) is 9.90 Å². The van der Waals surface area contributed by atoms with Crippen LogP contribution in [0, 0.1) is 6.92 Å². The minimum atomic E-state index is -0.225. The number of phenols is 1. The lowest BCUT2D eigenvalue weighted by molar-refractivity contribution is -0.123. The second kappa shape index (κ2) is 6.61. The zero-order valence-electron chi connectivity index (χ0n) is 11.3. The van der Waals surface area contributed by atoms with E-state index >= 15 is 0 Å². The smallest absolute Gasteiger partial charge is 0.258 e. The third kappa shape index (κ3) is 3.75. The Morgan fingerprint density at radius 1 is 1.15 bits per heavy atom. The van der Waals surface area contributed by atoms with E-state index in [1.165, 1.54) is 6.07 Å². The summed E-state index contributed by atoms with van der Waals surface area (Å²) in [6.07, 6.45) is 0. The monoisotopic (exact) mass is 271 g/mol. The largest absolute Gasteiger partial charge is 0.504 e. The van der Waals surface area contributed by atoms with Crippen molar-refractivity contribution in [1.29, 1.82) is 0 Å². The summed E-state index contributed by atoms with van der Waals surface area (Å²) in [5.74, 6) is 0.106. The highest BCUT2D eigenvalue weighted by Gasteiger charge is 2.06. The minimum absolute atomic E-state index is 0.0270. The van der Waals surface area contributed by atoms with E-state index in [4.69, 9.17) is 4.74 Å². The zero-order valence-corrected chi connectivity index (χ0v) is 11.3. The Morgan fingerprint density at radius 2 is 1.85 bits per heavy atom. The molecule has 0 unspecified atom stereocenters. The van der Waals surface area contributed by atoms with Crippen molar-refractivity contribution in [2.24, 2.45) is 0 Å². The van der Waals surface area contributed by atoms with Crippen molar-refractivity contribution in [2.45, 2.75) is 13.5 Å². The van der Waals surface area contributed by atoms with Gasteiger partial charge in [-0.05, 0) is 30.2 Å². The number of hydrogen-bond donors (Lipinski definition) is 2. The second-order valence-electron chi connectivity index (χ2n) is 4.46. The molecule has 0 aliphatic carbocycles. The first kappa shape index (κ1) is 13.9. The number of amides is 1. The van der Waals surface area contributed by atoms with Crippen molar-refractivity contribution in [3.05, 3.63) is 59.7 Å². The molecule has 0 aromatic heterocycles. The Bertz CT molecular complexity index is 544. The number of ether oxygens (including phenoxy) is 1. The topological polar surface area (TPSA) is 58.6 Å². The normalized spacial score (nSPS) is 10.1. The molecule has 2 aromatic carbocycles. The Balaban J connectivity index is 1.82. The van der Waals surface area contributed by atoms with E-state index in [0.717, 1.165) is 11.1 Å². The molecule has 2 rings (SSSR count). The van der Waals surface area contributed by atoms with Crippen LogP contribution in [0.5, 0.6) is 11.5 Å². The number of para-hydroxylation sites is 2. The highest BCUT2D eigenvalue weighted by atomic mass is 16.5. The minimum Gasteiger partial charge on any atom is -0.504 e. The Hall–Kier alpha value is -2.49. The summed E-state index contributed by atoms with van der Waals surface area (Å²) in [7, 11) is 0. The standard InChI is InChI=1S/C16H17NO3/c1-12-6-2-3-7-13(12)10-17-16(19)11-20-15-9-5-4-8-14(15)18/h2-9,18H,10-11H2,1H3,(H,17,19). The van der Waals surface area contributed by atoms with Crippen molar-refractivity contribution < 1.29 is 14.6 Å². The van der Waals surface area contributed by atoms with Gasteiger partial charge in [0, 0.05) is 6.54 Å². The maximum absolute atomic E-state index is 11.7. The molecule has 0 spiro atoms. The fourth-order valence-electron chi connectivity index (χ4n) is 1.78. The van der Waals surface area contributed by atoms with Crippen LogP contribution in [0.1, 0.15) is 11.1 Å². The van der Waals surface area contributed by atoms with E-state index in [1.54, 1.807) is 18.2 Å². The summed E-state index contributed by atoms with van der Waals surface area (Å²) in [5.41, 5.74) is 2.21. The van der Waals surface area contributed by atoms with Crippen LogP contribution in [0.2, 0.25) is 0 Å². The molecular weight excluding hydrogens is 254 g/mol. The predicted octanol–water partition coefficient (Wildman–Crippen LogP) is 2.40. The van der Waals surface area contributed by atoms with E-state index in [0.29, 0.717) is 12.3 Å². The fraction of sp³-hybridized carbons (Fsp3) is 0.188. The molecule has 0 aliphatic rings. The van der Waals surface area contributed by atoms with Crippen LogP contribution in [0.4, 0.5) is 0 Å². The number of carbonyl (C=O) groups is 1. The number of aryl methyl sites for hydroxylation is 1. The highest BCUT2D eigenvalue weighted by Crippen LogP contribution is 2.23. The van der Waals surface area contributed by atoms with Crippen molar-refractivity contribution in [3.63, 3.8) is 0 Å². The number of hydrogen-bond acceptors (Lipinski definition) is 3. The molecule has 0 heterocycles. The van der Waals surface area contributed by atoms with Gasteiger partial charge >= 0.3 is 0 Å². The summed E-state index contributed by atoms with van der Waals surface area (Å²) >= 11 is 0. The number of aromatic hydroxyl groups is 1. The first-order valence-corrected chi connectivity index (χ1v) is 6.39. The lowest BCUT2D eigenvalue weighted by Gasteiger charge is -2.09. The summed E-state index contributed by atoms with van der Waals surface area (Å²) in [6.45, 7) is 2.35. The molecule has 0 atom stereocenters. The van der Waals surface area contributed by atoms with E-state index in [-0.39, 0.29) is 18.3 Å². The molecule has 0 saturated heterocycles. The molecule has 4 heteroatoms. The van der Waals surface area contributed by atoms with E-state index < -0.39 is 0 Å². The number of nitrogens with one attached hydrogen (secondary N) is 1. The van der Waals surface area contributed by atoms with Crippen LogP contribution >= 0.6 is 0 Å². The van der Waals surface area contributed by atoms with E-state index in [1.807, 2.05) is 31.2 Å². The van der Waals surface area contributed by atoms with Gasteiger partial charge in [-0.15, -0.1) is 0 Å². The first-order chi connectivity index (χ1) is 9.66. The third-order valence-electron chi connectivity index (χ3n) is 2.96. The lowest BCUT2D eigenvalue weighted by Crippen LogP contribution is -2.28. The average Bonchev–Trinajstić information content (AvgIpc) is 2.45. The molecule has 0 radical (unpaired) electrons. The molecule has 2 N–H and O–H groups in total. The van der Waals surface area contributed by atoms with Gasteiger partial charge in [-0.1, -0.05) is 36.4 Å². The summed E-state index contributed by atoms with van der Waals surface area (Å²) in [6, 6.07) is 14.4. The van der Waals surface area contributed by atoms with Gasteiger partial charge in [-0.2, -0.15) is 0 Å². The number of carbonyl (C=O) groups excluding carboxylic acids is 1. The highest BCUT2D eigenvalue weighted by molar-refractivity contribution is 5.77. The van der Waals surface area contributed by atoms with E-state index in [2.05, 4.69) is 5.32 Å². The number of rotatable bonds is 5. The van der Waals surface area contributed by atoms with Crippen molar-refractivity contribution in [2.75, 3.05) is 6.61 Å². The SMILES string of the molecule is Cc1ccccc1CNC(=O)COc1ccccc1O. The quantitative estimate of drug-likeness (QED) is 0.878. The molecule has 0 saturated carbocycles. The summed E-state index contributed by atoms with van der Waals surface area (Å²) in [5, 5.41) is 12.3. The van der Waals surface area contributed by atoms with Crippen LogP contribution in [0.3, 0.4) is 0 Å². The van der Waals surface area contributed by atoms with Gasteiger partial charge in [-0.3, -0.25) is 4.79 Å². The Kier molecular flexibility index (Phi) is 4.60. The van der Waals surface area contributed by atoms with Gasteiger partial charge in [0.05, 0.1) is 0 Å². The Morgan fingerprint density at radius 3 is 2.60 bits per heavy atom. The van der Waals surface area contributed by atoms with Crippen molar-refractivity contribution >= 4 is 5.91 Å². The second-order valence-corrected chi connectivity index (χ2v) is 4.46. The van der Waals surface area contributed by atoms with Crippen LogP contribution in [-0.2, 0) is 11.3 Å². The predicted molar refractivity (Wildman–Crippen MR) is 76.6 cm³/mol. The van der Waals surface area contributed by atoms with Gasteiger partial charge < -0.3 is 15.2 Å². The molecule has 2 aromatic rings. The molecular formula is C16H17NO3. The fourth-order valence-corrected chi connectivity index (χ4v) is 1.78. The van der Waals surface area contributed by atoms with Gasteiger partial charge in [0.2, 0.25) is 0 Å². The first-order valence-electron chi connectivity index (χ1n) is 6.39. The van der Waals surface area contributed by atoms with Gasteiger partial charge in [0.15, 0.2) is 18.1 Å². The maximum Gasteiger partial charge on any atom is 0.258 e. The summed E-state index contributed by atoms with van der Waals surface area (Å²) in [4.78, 5) is 11.7. The molecule has 0 bridgehead atoms. The zero-order chi connectivity index (χ0) is 14.4. The van der Waals surface area contributed by atoms with Crippen LogP contribution in [0.25, 0.3) is 0 Å². The molecule has 0 fully saturated rings. The molecule has 4 nitrogen and oxygen atoms in total. The molecule has 20 heavy (non-hydrogen) atoms. The Labute approximate surface area is 118 Å². The van der Waals surface area contributed by atoms with Crippen molar-refractivity contribution in [1.82, 2.24) is 5.32 Å². The van der Waals surface area contributed by atoms with Gasteiger partial charge in [0.1, 0.15) is 0 Å². The summed E-state index contributed by atoms with van der Waals surface area (Å²) < 4.78 is 5.26. The van der Waals surface area contributed by atoms with Crippen LogP contribution in [0.15, 0.2) is 48.5 Å². The molecule has 0 aliphatic heterocycles. The molecule has 104 valence electrons. The van der Waals surface area contributed by atoms with Crippen LogP contribution < -0.4 is 10.1 Å². The van der Waals surface area contributed by atoms with Crippen LogP contribution in [-0.4, -0.2) is 17.6 Å². The van der Waals surface area contributed by atoms with Gasteiger partial charge in [0.25, 0.3) is 5.91 Å². The number of benzene rings is 2.